The van der Waals surface area contributed by atoms with E-state index in [2.05, 4.69) is 47.0 Å². The van der Waals surface area contributed by atoms with Gasteiger partial charge in [-0.15, -0.1) is 0 Å². The lowest BCUT2D eigenvalue weighted by Gasteiger charge is -2.18. The first-order valence-corrected chi connectivity index (χ1v) is 6.36. The fourth-order valence-corrected chi connectivity index (χ4v) is 1.91. The van der Waals surface area contributed by atoms with Crippen molar-refractivity contribution in [1.29, 1.82) is 0 Å². The second kappa shape index (κ2) is 6.11. The lowest BCUT2D eigenvalue weighted by atomic mass is 10.1. The van der Waals surface area contributed by atoms with Crippen molar-refractivity contribution in [2.45, 2.75) is 46.1 Å². The first-order chi connectivity index (χ1) is 7.19. The third kappa shape index (κ3) is 3.49. The number of hydrogen-bond acceptors (Lipinski definition) is 2. The van der Waals surface area contributed by atoms with E-state index in [0.717, 1.165) is 16.7 Å². The zero-order valence-electron chi connectivity index (χ0n) is 9.68. The van der Waals surface area contributed by atoms with Crippen LogP contribution in [-0.2, 0) is 0 Å². The summed E-state index contributed by atoms with van der Waals surface area (Å²) in [4.78, 5) is 4.35. The summed E-state index contributed by atoms with van der Waals surface area (Å²) in [5.41, 5.74) is 1.22. The molecule has 15 heavy (non-hydrogen) atoms. The molecule has 0 aromatic carbocycles. The number of aromatic nitrogens is 1. The second-order valence-electron chi connectivity index (χ2n) is 3.83. The Balaban J connectivity index is 2.74. The Morgan fingerprint density at radius 1 is 1.47 bits per heavy atom. The molecule has 0 saturated heterocycles. The monoisotopic (exact) mass is 270 g/mol. The number of aryl methyl sites for hydroxylation is 1. The Morgan fingerprint density at radius 2 is 2.20 bits per heavy atom. The maximum Gasteiger partial charge on any atom is 0.140 e. The molecule has 0 aliphatic carbocycles. The Labute approximate surface area is 101 Å². The predicted molar refractivity (Wildman–Crippen MR) is 69.3 cm³/mol. The maximum atomic E-state index is 4.35. The SMILES string of the molecule is CCCC(CC)Nc1nccc(C)c1Br. The van der Waals surface area contributed by atoms with Crippen molar-refractivity contribution in [3.8, 4) is 0 Å². The van der Waals surface area contributed by atoms with E-state index in [1.165, 1.54) is 18.4 Å². The summed E-state index contributed by atoms with van der Waals surface area (Å²) in [6.07, 6.45) is 5.38. The minimum absolute atomic E-state index is 0.528. The minimum atomic E-state index is 0.528. The molecule has 84 valence electrons. The summed E-state index contributed by atoms with van der Waals surface area (Å²) >= 11 is 3.56. The molecule has 1 heterocycles. The zero-order chi connectivity index (χ0) is 11.3. The summed E-state index contributed by atoms with van der Waals surface area (Å²) in [6, 6.07) is 2.54. The van der Waals surface area contributed by atoms with Crippen LogP contribution in [0.4, 0.5) is 5.82 Å². The third-order valence-corrected chi connectivity index (χ3v) is 3.55. The summed E-state index contributed by atoms with van der Waals surface area (Å²) < 4.78 is 1.08. The maximum absolute atomic E-state index is 4.35. The highest BCUT2D eigenvalue weighted by atomic mass is 79.9. The lowest BCUT2D eigenvalue weighted by molar-refractivity contribution is 0.620. The van der Waals surface area contributed by atoms with E-state index in [4.69, 9.17) is 0 Å². The fourth-order valence-electron chi connectivity index (χ4n) is 1.56. The van der Waals surface area contributed by atoms with Crippen molar-refractivity contribution < 1.29 is 0 Å². The molecule has 1 N–H and O–H groups in total. The molecule has 1 aromatic rings. The Kier molecular flexibility index (Phi) is 5.09. The molecule has 0 saturated carbocycles. The van der Waals surface area contributed by atoms with Gasteiger partial charge in [0, 0.05) is 12.2 Å². The van der Waals surface area contributed by atoms with Gasteiger partial charge in [0.15, 0.2) is 0 Å². The van der Waals surface area contributed by atoms with Crippen molar-refractivity contribution in [1.82, 2.24) is 4.98 Å². The van der Waals surface area contributed by atoms with Crippen LogP contribution in [0.5, 0.6) is 0 Å². The molecule has 1 rings (SSSR count). The first-order valence-electron chi connectivity index (χ1n) is 5.56. The second-order valence-corrected chi connectivity index (χ2v) is 4.62. The highest BCUT2D eigenvalue weighted by molar-refractivity contribution is 9.10. The molecular formula is C12H19BrN2. The van der Waals surface area contributed by atoms with Gasteiger partial charge in [-0.25, -0.2) is 4.98 Å². The molecule has 0 aliphatic heterocycles. The van der Waals surface area contributed by atoms with E-state index in [1.807, 2.05) is 12.3 Å². The molecule has 0 radical (unpaired) electrons. The van der Waals surface area contributed by atoms with Gasteiger partial charge in [0.05, 0.1) is 4.47 Å². The van der Waals surface area contributed by atoms with Crippen LogP contribution >= 0.6 is 15.9 Å². The van der Waals surface area contributed by atoms with Crippen LogP contribution in [0.3, 0.4) is 0 Å². The van der Waals surface area contributed by atoms with Crippen molar-refractivity contribution in [2.75, 3.05) is 5.32 Å². The van der Waals surface area contributed by atoms with E-state index in [9.17, 15) is 0 Å². The summed E-state index contributed by atoms with van der Waals surface area (Å²) in [7, 11) is 0. The largest absolute Gasteiger partial charge is 0.366 e. The Morgan fingerprint density at radius 3 is 2.80 bits per heavy atom. The lowest BCUT2D eigenvalue weighted by Crippen LogP contribution is -2.19. The van der Waals surface area contributed by atoms with Crippen LogP contribution in [0, 0.1) is 6.92 Å². The van der Waals surface area contributed by atoms with Gasteiger partial charge in [0.2, 0.25) is 0 Å². The van der Waals surface area contributed by atoms with E-state index in [-0.39, 0.29) is 0 Å². The van der Waals surface area contributed by atoms with Gasteiger partial charge in [-0.3, -0.25) is 0 Å². The van der Waals surface area contributed by atoms with Crippen molar-refractivity contribution in [2.24, 2.45) is 0 Å². The van der Waals surface area contributed by atoms with Gasteiger partial charge in [0.1, 0.15) is 5.82 Å². The Bertz CT molecular complexity index is 312. The molecule has 0 bridgehead atoms. The van der Waals surface area contributed by atoms with Crippen LogP contribution in [-0.4, -0.2) is 11.0 Å². The molecule has 1 atom stereocenters. The van der Waals surface area contributed by atoms with Crippen molar-refractivity contribution in [3.63, 3.8) is 0 Å². The molecule has 0 amide bonds. The highest BCUT2D eigenvalue weighted by Crippen LogP contribution is 2.24. The van der Waals surface area contributed by atoms with Gasteiger partial charge in [-0.2, -0.15) is 0 Å². The van der Waals surface area contributed by atoms with Gasteiger partial charge < -0.3 is 5.32 Å². The van der Waals surface area contributed by atoms with Crippen molar-refractivity contribution in [3.05, 3.63) is 22.3 Å². The van der Waals surface area contributed by atoms with E-state index >= 15 is 0 Å². The van der Waals surface area contributed by atoms with Crippen molar-refractivity contribution >= 4 is 21.7 Å². The zero-order valence-corrected chi connectivity index (χ0v) is 11.3. The molecule has 1 aromatic heterocycles. The summed E-state index contributed by atoms with van der Waals surface area (Å²) in [5.74, 6) is 0.968. The fraction of sp³-hybridized carbons (Fsp3) is 0.583. The molecule has 2 nitrogen and oxygen atoms in total. The minimum Gasteiger partial charge on any atom is -0.366 e. The number of nitrogens with one attached hydrogen (secondary N) is 1. The molecule has 1 unspecified atom stereocenters. The summed E-state index contributed by atoms with van der Waals surface area (Å²) in [5, 5.41) is 3.48. The van der Waals surface area contributed by atoms with E-state index in [0.29, 0.717) is 6.04 Å². The number of rotatable bonds is 5. The highest BCUT2D eigenvalue weighted by Gasteiger charge is 2.09. The predicted octanol–water partition coefficient (Wildman–Crippen LogP) is 4.14. The number of nitrogens with zero attached hydrogens (tertiary/aromatic N) is 1. The average Bonchev–Trinajstić information content (AvgIpc) is 2.24. The average molecular weight is 271 g/mol. The quantitative estimate of drug-likeness (QED) is 0.870. The topological polar surface area (TPSA) is 24.9 Å². The smallest absolute Gasteiger partial charge is 0.140 e. The van der Waals surface area contributed by atoms with Gasteiger partial charge in [-0.1, -0.05) is 20.3 Å². The molecule has 0 aliphatic rings. The number of anilines is 1. The van der Waals surface area contributed by atoms with Crippen LogP contribution in [0.25, 0.3) is 0 Å². The third-order valence-electron chi connectivity index (χ3n) is 2.55. The molecular weight excluding hydrogens is 252 g/mol. The van der Waals surface area contributed by atoms with Gasteiger partial charge in [-0.05, 0) is 47.3 Å². The Hall–Kier alpha value is -0.570. The molecule has 0 fully saturated rings. The number of hydrogen-bond donors (Lipinski definition) is 1. The van der Waals surface area contributed by atoms with Crippen LogP contribution in [0.1, 0.15) is 38.7 Å². The summed E-state index contributed by atoms with van der Waals surface area (Å²) in [6.45, 7) is 6.50. The first kappa shape index (κ1) is 12.5. The normalized spacial score (nSPS) is 12.5. The number of halogens is 1. The molecule has 3 heteroatoms. The van der Waals surface area contributed by atoms with Crippen LogP contribution < -0.4 is 5.32 Å². The van der Waals surface area contributed by atoms with E-state index < -0.39 is 0 Å². The van der Waals surface area contributed by atoms with Crippen LogP contribution in [0.15, 0.2) is 16.7 Å². The number of pyridine rings is 1. The van der Waals surface area contributed by atoms with Gasteiger partial charge >= 0.3 is 0 Å². The standard InChI is InChI=1S/C12H19BrN2/c1-4-6-10(5-2)15-12-11(13)9(3)7-8-14-12/h7-8,10H,4-6H2,1-3H3,(H,14,15). The van der Waals surface area contributed by atoms with Crippen LogP contribution in [0.2, 0.25) is 0 Å². The van der Waals surface area contributed by atoms with E-state index in [1.54, 1.807) is 0 Å². The van der Waals surface area contributed by atoms with Gasteiger partial charge in [0.25, 0.3) is 0 Å². The molecule has 0 spiro atoms.